The molecule has 0 heterocycles. The van der Waals surface area contributed by atoms with E-state index in [-0.39, 0.29) is 0 Å². The number of nitrogens with zero attached hydrogens (tertiary/aromatic N) is 1. The highest BCUT2D eigenvalue weighted by Gasteiger charge is 2.37. The maximum atomic E-state index is 12.1. The van der Waals surface area contributed by atoms with Crippen molar-refractivity contribution in [3.63, 3.8) is 0 Å². The number of rotatable bonds is 9. The van der Waals surface area contributed by atoms with Gasteiger partial charge in [-0.3, -0.25) is 4.90 Å². The molecule has 0 saturated heterocycles. The van der Waals surface area contributed by atoms with E-state index in [9.17, 15) is 15.0 Å². The second-order valence-electron chi connectivity index (χ2n) is 9.24. The molecule has 3 aromatic rings. The Balaban J connectivity index is 1.67. The van der Waals surface area contributed by atoms with E-state index in [0.717, 1.165) is 12.0 Å². The van der Waals surface area contributed by atoms with E-state index in [1.807, 2.05) is 63.2 Å². The Morgan fingerprint density at radius 1 is 0.969 bits per heavy atom. The summed E-state index contributed by atoms with van der Waals surface area (Å²) in [6.45, 7) is 6.60. The molecule has 3 N–H and O–H groups in total. The third-order valence-corrected chi connectivity index (χ3v) is 5.80. The van der Waals surface area contributed by atoms with Crippen molar-refractivity contribution in [1.82, 2.24) is 10.2 Å². The van der Waals surface area contributed by atoms with Crippen LogP contribution in [0, 0.1) is 0 Å². The molecule has 0 aliphatic heterocycles. The fourth-order valence-corrected chi connectivity index (χ4v) is 4.30. The molecule has 3 aromatic carbocycles. The van der Waals surface area contributed by atoms with Gasteiger partial charge in [-0.05, 0) is 62.1 Å². The zero-order valence-electron chi connectivity index (χ0n) is 19.2. The van der Waals surface area contributed by atoms with Crippen LogP contribution in [0.5, 0.6) is 0 Å². The third kappa shape index (κ3) is 6.09. The lowest BCUT2D eigenvalue weighted by Gasteiger charge is -2.42. The summed E-state index contributed by atoms with van der Waals surface area (Å²) < 4.78 is 0. The average molecular weight is 435 g/mol. The van der Waals surface area contributed by atoms with Crippen LogP contribution in [0.3, 0.4) is 0 Å². The summed E-state index contributed by atoms with van der Waals surface area (Å²) in [5, 5.41) is 26.8. The van der Waals surface area contributed by atoms with Gasteiger partial charge in [-0.2, -0.15) is 0 Å². The van der Waals surface area contributed by atoms with E-state index in [0.29, 0.717) is 19.5 Å². The Morgan fingerprint density at radius 2 is 1.62 bits per heavy atom. The van der Waals surface area contributed by atoms with Crippen LogP contribution in [0.1, 0.15) is 31.9 Å². The molecule has 32 heavy (non-hydrogen) atoms. The number of hydrogen-bond acceptors (Lipinski definition) is 3. The summed E-state index contributed by atoms with van der Waals surface area (Å²) >= 11 is 0. The first-order chi connectivity index (χ1) is 15.3. The molecule has 0 fully saturated rings. The molecule has 5 nitrogen and oxygen atoms in total. The Hall–Kier alpha value is -2.89. The van der Waals surface area contributed by atoms with Gasteiger partial charge in [0.1, 0.15) is 0 Å². The number of benzene rings is 3. The Morgan fingerprint density at radius 3 is 2.31 bits per heavy atom. The normalized spacial score (nSPS) is 13.6. The minimum Gasteiger partial charge on any atom is -0.465 e. The number of carboxylic acid groups (broad SMARTS) is 1. The van der Waals surface area contributed by atoms with E-state index in [1.165, 1.54) is 21.2 Å². The van der Waals surface area contributed by atoms with Crippen molar-refractivity contribution in [1.29, 1.82) is 0 Å². The summed E-state index contributed by atoms with van der Waals surface area (Å²) in [5.41, 5.74) is 1.63. The van der Waals surface area contributed by atoms with Crippen molar-refractivity contribution in [2.75, 3.05) is 13.1 Å². The van der Waals surface area contributed by atoms with Gasteiger partial charge in [0.05, 0.1) is 12.1 Å². The third-order valence-electron chi connectivity index (χ3n) is 5.80. The number of fused-ring (bicyclic) bond motifs is 1. The van der Waals surface area contributed by atoms with E-state index >= 15 is 0 Å². The lowest BCUT2D eigenvalue weighted by Crippen LogP contribution is -2.58. The summed E-state index contributed by atoms with van der Waals surface area (Å²) in [5.74, 6) is 0. The minimum absolute atomic E-state index is 0.322. The zero-order chi connectivity index (χ0) is 23.1. The van der Waals surface area contributed by atoms with Gasteiger partial charge in [0, 0.05) is 12.1 Å². The number of aliphatic hydroxyl groups is 1. The highest BCUT2D eigenvalue weighted by Crippen LogP contribution is 2.23. The number of carbonyl (C=O) groups is 1. The molecule has 0 unspecified atom stereocenters. The minimum atomic E-state index is -1.02. The SMILES string of the molecule is CC(C)(C)N(C(=O)O)[C@@H](Cc1ccccc1)[C@H](O)CNCCc1cccc2ccccc12. The number of aliphatic hydroxyl groups excluding tert-OH is 1. The van der Waals surface area contributed by atoms with Crippen LogP contribution in [0.2, 0.25) is 0 Å². The monoisotopic (exact) mass is 434 g/mol. The molecule has 0 saturated carbocycles. The number of nitrogens with one attached hydrogen (secondary N) is 1. The van der Waals surface area contributed by atoms with Gasteiger partial charge < -0.3 is 15.5 Å². The highest BCUT2D eigenvalue weighted by atomic mass is 16.4. The largest absolute Gasteiger partial charge is 0.465 e. The van der Waals surface area contributed by atoms with Crippen molar-refractivity contribution in [2.24, 2.45) is 0 Å². The van der Waals surface area contributed by atoms with Crippen molar-refractivity contribution in [3.05, 3.63) is 83.9 Å². The van der Waals surface area contributed by atoms with Crippen LogP contribution in [-0.2, 0) is 12.8 Å². The van der Waals surface area contributed by atoms with Crippen molar-refractivity contribution in [2.45, 2.75) is 51.3 Å². The van der Waals surface area contributed by atoms with Crippen molar-refractivity contribution < 1.29 is 15.0 Å². The van der Waals surface area contributed by atoms with Gasteiger partial charge in [0.25, 0.3) is 0 Å². The summed E-state index contributed by atoms with van der Waals surface area (Å²) in [4.78, 5) is 13.5. The number of amides is 1. The summed E-state index contributed by atoms with van der Waals surface area (Å²) in [6, 6.07) is 23.8. The molecule has 2 atom stereocenters. The Kier molecular flexibility index (Phi) is 7.89. The summed E-state index contributed by atoms with van der Waals surface area (Å²) in [7, 11) is 0. The van der Waals surface area contributed by atoms with Crippen LogP contribution in [0.25, 0.3) is 10.8 Å². The maximum Gasteiger partial charge on any atom is 0.408 e. The quantitative estimate of drug-likeness (QED) is 0.426. The molecule has 5 heteroatoms. The smallest absolute Gasteiger partial charge is 0.408 e. The molecule has 0 aliphatic rings. The number of hydrogen-bond donors (Lipinski definition) is 3. The van der Waals surface area contributed by atoms with Gasteiger partial charge in [-0.1, -0.05) is 72.8 Å². The van der Waals surface area contributed by atoms with Crippen LogP contribution < -0.4 is 5.32 Å². The van der Waals surface area contributed by atoms with Gasteiger partial charge >= 0.3 is 6.09 Å². The average Bonchev–Trinajstić information content (AvgIpc) is 2.75. The molecule has 0 aromatic heterocycles. The van der Waals surface area contributed by atoms with E-state index in [2.05, 4.69) is 35.6 Å². The topological polar surface area (TPSA) is 72.8 Å². The summed E-state index contributed by atoms with van der Waals surface area (Å²) in [6.07, 6.45) is -0.568. The molecule has 0 aliphatic carbocycles. The lowest BCUT2D eigenvalue weighted by molar-refractivity contribution is 0.00792. The highest BCUT2D eigenvalue weighted by molar-refractivity contribution is 5.85. The lowest BCUT2D eigenvalue weighted by atomic mass is 9.94. The fourth-order valence-electron chi connectivity index (χ4n) is 4.30. The molecular weight excluding hydrogens is 400 g/mol. The van der Waals surface area contributed by atoms with Crippen molar-refractivity contribution in [3.8, 4) is 0 Å². The Labute approximate surface area is 190 Å². The molecule has 0 radical (unpaired) electrons. The zero-order valence-corrected chi connectivity index (χ0v) is 19.2. The van der Waals surface area contributed by atoms with E-state index in [4.69, 9.17) is 0 Å². The standard InChI is InChI=1S/C27H34N2O3/c1-27(2,3)29(26(31)32)24(18-20-10-5-4-6-11-20)25(30)19-28-17-16-22-14-9-13-21-12-7-8-15-23(21)22/h4-15,24-25,28,30H,16-19H2,1-3H3,(H,31,32)/t24-,25+/m0/s1. The van der Waals surface area contributed by atoms with Crippen molar-refractivity contribution >= 4 is 16.9 Å². The molecule has 1 amide bonds. The second-order valence-corrected chi connectivity index (χ2v) is 9.24. The molecular formula is C27H34N2O3. The molecule has 0 bridgehead atoms. The van der Waals surface area contributed by atoms with Gasteiger partial charge in [0.2, 0.25) is 0 Å². The van der Waals surface area contributed by atoms with Crippen LogP contribution >= 0.6 is 0 Å². The molecule has 170 valence electrons. The first-order valence-electron chi connectivity index (χ1n) is 11.2. The predicted octanol–water partition coefficient (Wildman–Crippen LogP) is 4.72. The fraction of sp³-hybridized carbons (Fsp3) is 0.370. The van der Waals surface area contributed by atoms with E-state index in [1.54, 1.807) is 0 Å². The first kappa shape index (κ1) is 23.8. The molecule has 3 rings (SSSR count). The maximum absolute atomic E-state index is 12.1. The van der Waals surface area contributed by atoms with Crippen LogP contribution in [0.15, 0.2) is 72.8 Å². The first-order valence-corrected chi connectivity index (χ1v) is 11.2. The predicted molar refractivity (Wildman–Crippen MR) is 130 cm³/mol. The molecule has 0 spiro atoms. The van der Waals surface area contributed by atoms with Gasteiger partial charge in [-0.25, -0.2) is 4.79 Å². The van der Waals surface area contributed by atoms with Gasteiger partial charge in [-0.15, -0.1) is 0 Å². The second kappa shape index (κ2) is 10.6. The van der Waals surface area contributed by atoms with Crippen LogP contribution in [0.4, 0.5) is 4.79 Å². The van der Waals surface area contributed by atoms with Gasteiger partial charge in [0.15, 0.2) is 0 Å². The van der Waals surface area contributed by atoms with E-state index < -0.39 is 23.8 Å². The Bertz CT molecular complexity index is 1010. The van der Waals surface area contributed by atoms with Crippen LogP contribution in [-0.4, -0.2) is 52.0 Å².